The van der Waals surface area contributed by atoms with Gasteiger partial charge in [-0.25, -0.2) is 5.43 Å². The van der Waals surface area contributed by atoms with Gasteiger partial charge in [-0.2, -0.15) is 5.10 Å². The second kappa shape index (κ2) is 15.1. The van der Waals surface area contributed by atoms with Crippen LogP contribution in [0.3, 0.4) is 0 Å². The zero-order chi connectivity index (χ0) is 28.2. The fraction of sp³-hybridized carbons (Fsp3) is 0.185. The van der Waals surface area contributed by atoms with Crippen LogP contribution in [-0.2, 0) is 14.4 Å². The van der Waals surface area contributed by atoms with Gasteiger partial charge in [0.25, 0.3) is 5.91 Å². The number of carbonyl (C=O) groups is 3. The molecule has 0 radical (unpaired) electrons. The van der Waals surface area contributed by atoms with Gasteiger partial charge in [0.15, 0.2) is 6.61 Å². The largest absolute Gasteiger partial charge is 0.494 e. The summed E-state index contributed by atoms with van der Waals surface area (Å²) in [5.74, 6) is -1.30. The summed E-state index contributed by atoms with van der Waals surface area (Å²) in [5, 5.41) is 9.74. The average molecular weight is 636 g/mol. The van der Waals surface area contributed by atoms with Gasteiger partial charge in [-0.1, -0.05) is 52.5 Å². The molecule has 0 spiro atoms. The number of hydrogen-bond donors (Lipinski definition) is 3. The summed E-state index contributed by atoms with van der Waals surface area (Å²) in [6, 6.07) is 16.4. The van der Waals surface area contributed by atoms with Crippen molar-refractivity contribution in [1.29, 1.82) is 0 Å². The molecule has 3 N–H and O–H groups in total. The lowest BCUT2D eigenvalue weighted by Crippen LogP contribution is -2.32. The average Bonchev–Trinajstić information content (AvgIpc) is 2.88. The first-order valence-electron chi connectivity index (χ1n) is 11.8. The van der Waals surface area contributed by atoms with E-state index in [2.05, 4.69) is 44.0 Å². The highest BCUT2D eigenvalue weighted by molar-refractivity contribution is 9.10. The van der Waals surface area contributed by atoms with E-state index in [1.54, 1.807) is 60.7 Å². The Morgan fingerprint density at radius 2 is 1.62 bits per heavy atom. The van der Waals surface area contributed by atoms with Crippen molar-refractivity contribution in [2.45, 2.75) is 19.8 Å². The normalized spacial score (nSPS) is 10.7. The van der Waals surface area contributed by atoms with Crippen LogP contribution in [0, 0.1) is 0 Å². The van der Waals surface area contributed by atoms with Crippen LogP contribution in [0.4, 0.5) is 11.4 Å². The van der Waals surface area contributed by atoms with Crippen molar-refractivity contribution in [3.05, 3.63) is 80.7 Å². The van der Waals surface area contributed by atoms with Crippen molar-refractivity contribution in [1.82, 2.24) is 5.43 Å². The van der Waals surface area contributed by atoms with Crippen LogP contribution in [0.15, 0.2) is 70.2 Å². The van der Waals surface area contributed by atoms with Gasteiger partial charge in [0, 0.05) is 31.5 Å². The first-order valence-corrected chi connectivity index (χ1v) is 13.3. The molecule has 3 rings (SSSR count). The molecule has 0 aliphatic heterocycles. The highest BCUT2D eigenvalue weighted by atomic mass is 79.9. The van der Waals surface area contributed by atoms with E-state index < -0.39 is 17.7 Å². The Balaban J connectivity index is 1.53. The molecule has 0 atom stereocenters. The van der Waals surface area contributed by atoms with Crippen LogP contribution < -0.4 is 25.5 Å². The Bertz CT molecular complexity index is 1330. The molecule has 0 unspecified atom stereocenters. The summed E-state index contributed by atoms with van der Waals surface area (Å²) in [6.07, 6.45) is 3.27. The first-order chi connectivity index (χ1) is 18.7. The summed E-state index contributed by atoms with van der Waals surface area (Å²) < 4.78 is 11.9. The van der Waals surface area contributed by atoms with Crippen LogP contribution >= 0.6 is 39.1 Å². The molecule has 204 valence electrons. The molecule has 0 bridgehead atoms. The molecule has 39 heavy (non-hydrogen) atoms. The Kier molecular flexibility index (Phi) is 11.6. The summed E-state index contributed by atoms with van der Waals surface area (Å²) in [7, 11) is 0. The van der Waals surface area contributed by atoms with Crippen LogP contribution in [0.5, 0.6) is 11.5 Å². The quantitative estimate of drug-likeness (QED) is 0.103. The van der Waals surface area contributed by atoms with E-state index in [0.29, 0.717) is 49.6 Å². The van der Waals surface area contributed by atoms with Gasteiger partial charge in [0.1, 0.15) is 11.5 Å². The van der Waals surface area contributed by atoms with Gasteiger partial charge >= 0.3 is 11.8 Å². The summed E-state index contributed by atoms with van der Waals surface area (Å²) >= 11 is 15.3. The summed E-state index contributed by atoms with van der Waals surface area (Å²) in [5.41, 5.74) is 3.48. The van der Waals surface area contributed by atoms with Crippen molar-refractivity contribution >= 4 is 74.4 Å². The molecular formula is C27H25BrCl2N4O5. The monoisotopic (exact) mass is 634 g/mol. The molecular weight excluding hydrogens is 611 g/mol. The Morgan fingerprint density at radius 3 is 2.31 bits per heavy atom. The highest BCUT2D eigenvalue weighted by Crippen LogP contribution is 2.24. The number of ether oxygens (including phenoxy) is 2. The third-order valence-corrected chi connectivity index (χ3v) is 5.86. The molecule has 0 aliphatic carbocycles. The van der Waals surface area contributed by atoms with Crippen LogP contribution in [-0.4, -0.2) is 37.1 Å². The van der Waals surface area contributed by atoms with Gasteiger partial charge in [-0.05, 0) is 67.1 Å². The number of anilines is 2. The minimum Gasteiger partial charge on any atom is -0.494 e. The summed E-state index contributed by atoms with van der Waals surface area (Å²) in [6.45, 7) is 2.37. The molecule has 0 saturated carbocycles. The number of rotatable bonds is 11. The van der Waals surface area contributed by atoms with E-state index in [9.17, 15) is 14.4 Å². The number of carbonyl (C=O) groups excluding carboxylic acids is 3. The number of benzene rings is 3. The van der Waals surface area contributed by atoms with E-state index in [-0.39, 0.29) is 6.61 Å². The topological polar surface area (TPSA) is 118 Å². The fourth-order valence-electron chi connectivity index (χ4n) is 3.09. The number of amides is 3. The van der Waals surface area contributed by atoms with Gasteiger partial charge in [0.05, 0.1) is 12.8 Å². The minimum absolute atomic E-state index is 0.316. The Hall–Kier alpha value is -3.60. The third-order valence-electron chi connectivity index (χ3n) is 4.93. The maximum absolute atomic E-state index is 12.3. The summed E-state index contributed by atoms with van der Waals surface area (Å²) in [4.78, 5) is 36.7. The zero-order valence-corrected chi connectivity index (χ0v) is 23.9. The number of hydrogen-bond acceptors (Lipinski definition) is 6. The maximum Gasteiger partial charge on any atom is 0.329 e. The van der Waals surface area contributed by atoms with Gasteiger partial charge in [-0.3, -0.25) is 14.4 Å². The van der Waals surface area contributed by atoms with E-state index in [0.717, 1.165) is 12.8 Å². The van der Waals surface area contributed by atoms with Crippen molar-refractivity contribution in [3.63, 3.8) is 0 Å². The van der Waals surface area contributed by atoms with Crippen molar-refractivity contribution < 1.29 is 23.9 Å². The number of halogens is 3. The second-order valence-electron chi connectivity index (χ2n) is 8.06. The molecule has 0 fully saturated rings. The smallest absolute Gasteiger partial charge is 0.329 e. The number of hydrazone groups is 1. The molecule has 0 saturated heterocycles. The highest BCUT2D eigenvalue weighted by Gasteiger charge is 2.13. The number of unbranched alkanes of at least 4 members (excludes halogenated alkanes) is 1. The molecule has 3 amide bonds. The van der Waals surface area contributed by atoms with Crippen LogP contribution in [0.2, 0.25) is 10.0 Å². The zero-order valence-electron chi connectivity index (χ0n) is 20.8. The van der Waals surface area contributed by atoms with Crippen molar-refractivity contribution in [3.8, 4) is 11.5 Å². The van der Waals surface area contributed by atoms with Gasteiger partial charge in [0.2, 0.25) is 0 Å². The first kappa shape index (κ1) is 29.9. The molecule has 0 heterocycles. The molecule has 9 nitrogen and oxygen atoms in total. The lowest BCUT2D eigenvalue weighted by atomic mass is 10.2. The molecule has 3 aromatic rings. The van der Waals surface area contributed by atoms with E-state index in [4.69, 9.17) is 32.7 Å². The Labute approximate surface area is 244 Å². The fourth-order valence-corrected chi connectivity index (χ4v) is 3.99. The molecule has 12 heteroatoms. The van der Waals surface area contributed by atoms with E-state index >= 15 is 0 Å². The lowest BCUT2D eigenvalue weighted by molar-refractivity contribution is -0.136. The standard InChI is InChI=1S/C27H25BrCl2N4O5/c1-2-3-10-38-23-7-5-21(6-8-23)33-26(36)27(37)34-31-15-17-11-18(28)4-9-24(17)39-16-25(35)32-22-13-19(29)12-20(30)14-22/h4-9,11-15H,2-3,10,16H2,1H3,(H,32,35)(H,33,36)(H,34,37)/b31-15-. The second-order valence-corrected chi connectivity index (χ2v) is 9.85. The minimum atomic E-state index is -0.966. The van der Waals surface area contributed by atoms with Gasteiger partial charge < -0.3 is 20.1 Å². The molecule has 0 aromatic heterocycles. The Morgan fingerprint density at radius 1 is 0.897 bits per heavy atom. The van der Waals surface area contributed by atoms with Crippen LogP contribution in [0.25, 0.3) is 0 Å². The third kappa shape index (κ3) is 10.2. The van der Waals surface area contributed by atoms with Crippen LogP contribution in [0.1, 0.15) is 25.3 Å². The van der Waals surface area contributed by atoms with E-state index in [1.807, 2.05) is 0 Å². The number of nitrogens with one attached hydrogen (secondary N) is 3. The SMILES string of the molecule is CCCCOc1ccc(NC(=O)C(=O)N/N=C\c2cc(Br)ccc2OCC(=O)Nc2cc(Cl)cc(Cl)c2)cc1. The molecule has 3 aromatic carbocycles. The number of nitrogens with zero attached hydrogens (tertiary/aromatic N) is 1. The predicted molar refractivity (Wildman–Crippen MR) is 156 cm³/mol. The lowest BCUT2D eigenvalue weighted by Gasteiger charge is -2.10. The maximum atomic E-state index is 12.3. The molecule has 0 aliphatic rings. The van der Waals surface area contributed by atoms with E-state index in [1.165, 1.54) is 6.21 Å². The van der Waals surface area contributed by atoms with Crippen molar-refractivity contribution in [2.75, 3.05) is 23.8 Å². The van der Waals surface area contributed by atoms with Gasteiger partial charge in [-0.15, -0.1) is 0 Å². The van der Waals surface area contributed by atoms with Crippen molar-refractivity contribution in [2.24, 2.45) is 5.10 Å². The predicted octanol–water partition coefficient (Wildman–Crippen LogP) is 6.04.